The normalized spacial score (nSPS) is 2.25. The maximum Gasteiger partial charge on any atom is 3.00 e. The number of hydrogen-bond donors (Lipinski definition) is 2. The Balaban J connectivity index is -0.00000000200. The van der Waals surface area contributed by atoms with Gasteiger partial charge in [-0.05, 0) is 0 Å². The average molecular weight is 202 g/mol. The molecule has 0 atom stereocenters. The fourth-order valence-corrected chi connectivity index (χ4v) is 0. The first-order valence-electron chi connectivity index (χ1n) is 0.365. The third kappa shape index (κ3) is 340. The summed E-state index contributed by atoms with van der Waals surface area (Å²) >= 11 is 0. The molecule has 8 heteroatoms. The maximum absolute atomic E-state index is 6.62. The first-order valence-corrected chi connectivity index (χ1v) is 0.365. The Kier molecular flexibility index (Phi) is 926. The van der Waals surface area contributed by atoms with Gasteiger partial charge in [-0.25, -0.2) is 10.5 Å². The SMILES string of the molecule is OOO.[Cr+3].[Cr+3].[O-2].[O-2].[O-2]. The molecule has 0 rings (SSSR count). The Morgan fingerprint density at radius 1 is 0.750 bits per heavy atom. The predicted molar refractivity (Wildman–Crippen MR) is 8.40 cm³/mol. The smallest absolute Gasteiger partial charge is 2.00 e. The quantitative estimate of drug-likeness (QED) is 0.407. The van der Waals surface area contributed by atoms with Gasteiger partial charge < -0.3 is 16.4 Å². The van der Waals surface area contributed by atoms with E-state index in [4.69, 9.17) is 10.5 Å². The monoisotopic (exact) mass is 202 g/mol. The molecule has 0 fully saturated rings. The van der Waals surface area contributed by atoms with Gasteiger partial charge in [-0.1, -0.05) is 5.04 Å². The second-order valence-electron chi connectivity index (χ2n) is 0.0816. The van der Waals surface area contributed by atoms with Gasteiger partial charge >= 0.3 is 34.7 Å². The molecule has 8 heavy (non-hydrogen) atoms. The Bertz CT molecular complexity index is 6.49. The Labute approximate surface area is 67.1 Å². The van der Waals surface area contributed by atoms with Gasteiger partial charge in [-0.15, -0.1) is 0 Å². The summed E-state index contributed by atoms with van der Waals surface area (Å²) in [4.78, 5) is 0. The van der Waals surface area contributed by atoms with E-state index in [-0.39, 0.29) is 51.2 Å². The molecule has 0 spiro atoms. The molecule has 2 N–H and O–H groups in total. The van der Waals surface area contributed by atoms with Crippen LogP contribution in [0.5, 0.6) is 0 Å². The molecule has 0 saturated heterocycles. The maximum atomic E-state index is 6.62. The van der Waals surface area contributed by atoms with E-state index in [2.05, 4.69) is 5.04 Å². The topological polar surface area (TPSA) is 135 Å². The van der Waals surface area contributed by atoms with Crippen LogP contribution in [0.15, 0.2) is 0 Å². The molecule has 0 bridgehead atoms. The van der Waals surface area contributed by atoms with Crippen LogP contribution in [0.3, 0.4) is 0 Å². The molecule has 0 amide bonds. The van der Waals surface area contributed by atoms with Crippen LogP contribution >= 0.6 is 0 Å². The van der Waals surface area contributed by atoms with Crippen molar-refractivity contribution in [3.63, 3.8) is 0 Å². The Hall–Kier alpha value is 0.825. The van der Waals surface area contributed by atoms with E-state index in [0.717, 1.165) is 0 Å². The summed E-state index contributed by atoms with van der Waals surface area (Å²) in [7, 11) is 0. The third-order valence-corrected chi connectivity index (χ3v) is 0. The van der Waals surface area contributed by atoms with Gasteiger partial charge in [0.25, 0.3) is 0 Å². The molecule has 0 heterocycles. The van der Waals surface area contributed by atoms with E-state index in [9.17, 15) is 0 Å². The van der Waals surface area contributed by atoms with Gasteiger partial charge in [0.1, 0.15) is 0 Å². The number of rotatable bonds is 0. The molecule has 0 aromatic rings. The van der Waals surface area contributed by atoms with Crippen molar-refractivity contribution in [1.29, 1.82) is 0 Å². The largest absolute Gasteiger partial charge is 3.00 e. The minimum Gasteiger partial charge on any atom is -2.00 e. The molecular formula is H2Cr2O6. The van der Waals surface area contributed by atoms with Crippen LogP contribution in [0.1, 0.15) is 0 Å². The molecule has 0 aliphatic rings. The van der Waals surface area contributed by atoms with Crippen LogP contribution in [-0.2, 0) is 56.2 Å². The van der Waals surface area contributed by atoms with Gasteiger partial charge in [-0.3, -0.25) is 0 Å². The molecular weight excluding hydrogens is 200 g/mol. The summed E-state index contributed by atoms with van der Waals surface area (Å²) in [5.74, 6) is 0. The first-order chi connectivity index (χ1) is 1.41. The zero-order valence-electron chi connectivity index (χ0n) is 3.34. The Morgan fingerprint density at radius 3 is 0.750 bits per heavy atom. The zero-order valence-corrected chi connectivity index (χ0v) is 5.89. The fourth-order valence-electron chi connectivity index (χ4n) is 0. The van der Waals surface area contributed by atoms with Crippen molar-refractivity contribution >= 4 is 0 Å². The summed E-state index contributed by atoms with van der Waals surface area (Å²) in [6.45, 7) is 0. The van der Waals surface area contributed by atoms with Gasteiger partial charge in [0.05, 0.1) is 0 Å². The van der Waals surface area contributed by atoms with Crippen molar-refractivity contribution in [1.82, 2.24) is 0 Å². The van der Waals surface area contributed by atoms with Crippen molar-refractivity contribution in [3.05, 3.63) is 0 Å². The van der Waals surface area contributed by atoms with Crippen molar-refractivity contribution in [2.75, 3.05) is 0 Å². The van der Waals surface area contributed by atoms with Crippen molar-refractivity contribution < 1.29 is 66.7 Å². The zero-order chi connectivity index (χ0) is 2.71. The molecule has 0 aromatic carbocycles. The van der Waals surface area contributed by atoms with Crippen LogP contribution in [-0.4, -0.2) is 10.5 Å². The minimum atomic E-state index is 0. The molecule has 0 aliphatic heterocycles. The first kappa shape index (κ1) is 67.7. The summed E-state index contributed by atoms with van der Waals surface area (Å²) in [5.41, 5.74) is 0. The fraction of sp³-hybridized carbons (Fsp3) is 0. The summed E-state index contributed by atoms with van der Waals surface area (Å²) in [5, 5.41) is 15.5. The molecule has 0 unspecified atom stereocenters. The molecule has 0 aliphatic carbocycles. The molecule has 6 nitrogen and oxygen atoms in total. The van der Waals surface area contributed by atoms with Gasteiger partial charge in [0, 0.05) is 0 Å². The molecule has 50 valence electrons. The van der Waals surface area contributed by atoms with Crippen LogP contribution in [0, 0.1) is 0 Å². The minimum absolute atomic E-state index is 0. The van der Waals surface area contributed by atoms with Crippen LogP contribution in [0.4, 0.5) is 0 Å². The van der Waals surface area contributed by atoms with E-state index in [0.29, 0.717) is 0 Å². The summed E-state index contributed by atoms with van der Waals surface area (Å²) in [6, 6.07) is 0. The van der Waals surface area contributed by atoms with Crippen molar-refractivity contribution in [3.8, 4) is 0 Å². The molecule has 0 aromatic heterocycles. The van der Waals surface area contributed by atoms with Crippen LogP contribution in [0.2, 0.25) is 0 Å². The van der Waals surface area contributed by atoms with Crippen LogP contribution in [0.25, 0.3) is 0 Å². The van der Waals surface area contributed by atoms with Gasteiger partial charge in [-0.2, -0.15) is 0 Å². The van der Waals surface area contributed by atoms with Crippen LogP contribution < -0.4 is 0 Å². The number of hydrogen-bond acceptors (Lipinski definition) is 3. The summed E-state index contributed by atoms with van der Waals surface area (Å²) < 4.78 is 0. The van der Waals surface area contributed by atoms with E-state index >= 15 is 0 Å². The predicted octanol–water partition coefficient (Wildman–Crippen LogP) is -0.412. The van der Waals surface area contributed by atoms with E-state index in [1.165, 1.54) is 0 Å². The van der Waals surface area contributed by atoms with Crippen molar-refractivity contribution in [2.24, 2.45) is 0 Å². The van der Waals surface area contributed by atoms with Crippen molar-refractivity contribution in [2.45, 2.75) is 0 Å². The molecule has 0 saturated carbocycles. The van der Waals surface area contributed by atoms with E-state index in [1.807, 2.05) is 0 Å². The van der Waals surface area contributed by atoms with Gasteiger partial charge in [0.15, 0.2) is 0 Å². The standard InChI is InChI=1S/2Cr.H2O3.3O/c;;1-3-2;;;/h;;1-2H;;;/q2*+3;;3*-2. The molecule has 2 radical (unpaired) electrons. The van der Waals surface area contributed by atoms with E-state index < -0.39 is 0 Å². The van der Waals surface area contributed by atoms with Gasteiger partial charge in [0.2, 0.25) is 0 Å². The average Bonchev–Trinajstić information content (AvgIpc) is 0.918. The van der Waals surface area contributed by atoms with E-state index in [1.54, 1.807) is 0 Å². The Morgan fingerprint density at radius 2 is 0.750 bits per heavy atom. The second kappa shape index (κ2) is 109. The third-order valence-electron chi connectivity index (χ3n) is 0. The second-order valence-corrected chi connectivity index (χ2v) is 0.0816. The summed E-state index contributed by atoms with van der Waals surface area (Å²) in [6.07, 6.45) is 0.